The second-order valence-electron chi connectivity index (χ2n) is 6.14. The van der Waals surface area contributed by atoms with Crippen LogP contribution in [0.5, 0.6) is 0 Å². The molecule has 0 spiro atoms. The van der Waals surface area contributed by atoms with Gasteiger partial charge in [0.25, 0.3) is 11.5 Å². The topological polar surface area (TPSA) is 81.3 Å². The summed E-state index contributed by atoms with van der Waals surface area (Å²) < 4.78 is 3.34. The molecule has 3 aromatic heterocycles. The lowest BCUT2D eigenvalue weighted by atomic mass is 10.2. The number of amides is 1. The van der Waals surface area contributed by atoms with E-state index in [1.807, 2.05) is 41.0 Å². The highest BCUT2D eigenvalue weighted by molar-refractivity contribution is 7.15. The number of anilines is 1. The Labute approximate surface area is 162 Å². The third-order valence-electron chi connectivity index (χ3n) is 4.44. The highest BCUT2D eigenvalue weighted by Crippen LogP contribution is 2.19. The molecule has 0 fully saturated rings. The third-order valence-corrected chi connectivity index (χ3v) is 5.22. The first-order chi connectivity index (χ1) is 13.7. The molecule has 0 saturated heterocycles. The molecule has 5 rings (SSSR count). The number of benzene rings is 2. The summed E-state index contributed by atoms with van der Waals surface area (Å²) in [6, 6.07) is 15.2. The van der Waals surface area contributed by atoms with Crippen molar-refractivity contribution in [2.75, 3.05) is 5.32 Å². The second-order valence-corrected chi connectivity index (χ2v) is 7.01. The van der Waals surface area contributed by atoms with Gasteiger partial charge in [-0.2, -0.15) is 0 Å². The molecule has 7 nitrogen and oxygen atoms in total. The van der Waals surface area contributed by atoms with E-state index in [4.69, 9.17) is 0 Å². The van der Waals surface area contributed by atoms with E-state index in [1.165, 1.54) is 21.9 Å². The van der Waals surface area contributed by atoms with Crippen molar-refractivity contribution in [3.8, 4) is 5.69 Å². The van der Waals surface area contributed by atoms with Crippen molar-refractivity contribution >= 4 is 38.9 Å². The molecule has 3 heterocycles. The van der Waals surface area contributed by atoms with Crippen LogP contribution >= 0.6 is 11.3 Å². The molecule has 1 N–H and O–H groups in total. The number of carbonyl (C=O) groups is 1. The molecule has 136 valence electrons. The largest absolute Gasteiger partial charge is 0.322 e. The van der Waals surface area contributed by atoms with E-state index in [2.05, 4.69) is 15.3 Å². The number of nitrogens with zero attached hydrogens (tertiary/aromatic N) is 4. The number of imidazole rings is 1. The summed E-state index contributed by atoms with van der Waals surface area (Å²) in [7, 11) is 0. The SMILES string of the molecule is O=C(Nc1ccc(-n2cnc3ccccc32)cc1)c1cnc2sccn2c1=O. The fourth-order valence-corrected chi connectivity index (χ4v) is 3.72. The van der Waals surface area contributed by atoms with E-state index in [1.54, 1.807) is 30.0 Å². The normalized spacial score (nSPS) is 11.1. The molecule has 8 heteroatoms. The standard InChI is InChI=1S/C20H13N5O2S/c26-18(15-11-21-20-24(19(15)27)9-10-28-20)23-13-5-7-14(8-6-13)25-12-22-16-3-1-2-4-17(16)25/h1-12H,(H,23,26). The molecule has 0 unspecified atom stereocenters. The number of carbonyl (C=O) groups excluding carboxylic acids is 1. The quantitative estimate of drug-likeness (QED) is 0.515. The van der Waals surface area contributed by atoms with E-state index >= 15 is 0 Å². The van der Waals surface area contributed by atoms with Gasteiger partial charge < -0.3 is 5.32 Å². The van der Waals surface area contributed by atoms with Crippen molar-refractivity contribution in [3.05, 3.63) is 88.5 Å². The molecule has 0 bridgehead atoms. The zero-order chi connectivity index (χ0) is 19.1. The Kier molecular flexibility index (Phi) is 3.77. The molecule has 2 aromatic carbocycles. The maximum absolute atomic E-state index is 12.5. The van der Waals surface area contributed by atoms with Crippen LogP contribution in [-0.4, -0.2) is 24.8 Å². The van der Waals surface area contributed by atoms with Crippen molar-refractivity contribution in [2.24, 2.45) is 0 Å². The lowest BCUT2D eigenvalue weighted by molar-refractivity contribution is 0.102. The molecular weight excluding hydrogens is 374 g/mol. The van der Waals surface area contributed by atoms with Crippen LogP contribution in [0.2, 0.25) is 0 Å². The second kappa shape index (κ2) is 6.43. The molecule has 28 heavy (non-hydrogen) atoms. The van der Waals surface area contributed by atoms with Crippen LogP contribution in [0.3, 0.4) is 0 Å². The van der Waals surface area contributed by atoms with E-state index < -0.39 is 5.91 Å². The van der Waals surface area contributed by atoms with Gasteiger partial charge in [0.1, 0.15) is 11.9 Å². The number of rotatable bonds is 3. The first-order valence-electron chi connectivity index (χ1n) is 8.49. The van der Waals surface area contributed by atoms with E-state index in [-0.39, 0.29) is 11.1 Å². The fourth-order valence-electron chi connectivity index (χ4n) is 3.05. The van der Waals surface area contributed by atoms with Crippen LogP contribution < -0.4 is 10.9 Å². The highest BCUT2D eigenvalue weighted by atomic mass is 32.1. The van der Waals surface area contributed by atoms with Crippen LogP contribution in [-0.2, 0) is 0 Å². The van der Waals surface area contributed by atoms with Crippen molar-refractivity contribution < 1.29 is 4.79 Å². The van der Waals surface area contributed by atoms with Crippen LogP contribution in [0.4, 0.5) is 5.69 Å². The van der Waals surface area contributed by atoms with Crippen molar-refractivity contribution in [3.63, 3.8) is 0 Å². The summed E-state index contributed by atoms with van der Waals surface area (Å²) in [4.78, 5) is 34.0. The number of hydrogen-bond donors (Lipinski definition) is 1. The zero-order valence-electron chi connectivity index (χ0n) is 14.4. The molecule has 0 radical (unpaired) electrons. The van der Waals surface area contributed by atoms with E-state index in [9.17, 15) is 9.59 Å². The Morgan fingerprint density at radius 1 is 1.04 bits per heavy atom. The molecule has 0 aliphatic rings. The molecule has 0 aliphatic heterocycles. The molecule has 5 aromatic rings. The van der Waals surface area contributed by atoms with Gasteiger partial charge in [0.15, 0.2) is 4.96 Å². The number of nitrogens with one attached hydrogen (secondary N) is 1. The van der Waals surface area contributed by atoms with Crippen LogP contribution in [0, 0.1) is 0 Å². The maximum Gasteiger partial charge on any atom is 0.271 e. The molecule has 0 atom stereocenters. The summed E-state index contributed by atoms with van der Waals surface area (Å²) in [6.45, 7) is 0. The van der Waals surface area contributed by atoms with Gasteiger partial charge in [-0.05, 0) is 36.4 Å². The van der Waals surface area contributed by atoms with Crippen LogP contribution in [0.15, 0.2) is 77.4 Å². The number of hydrogen-bond acceptors (Lipinski definition) is 5. The average Bonchev–Trinajstić information content (AvgIpc) is 3.36. The van der Waals surface area contributed by atoms with Gasteiger partial charge in [-0.3, -0.25) is 18.6 Å². The summed E-state index contributed by atoms with van der Waals surface area (Å²) in [5.41, 5.74) is 3.05. The third kappa shape index (κ3) is 2.67. The number of aromatic nitrogens is 4. The zero-order valence-corrected chi connectivity index (χ0v) is 15.3. The predicted molar refractivity (Wildman–Crippen MR) is 108 cm³/mol. The van der Waals surface area contributed by atoms with E-state index in [0.717, 1.165) is 16.7 Å². The minimum atomic E-state index is -0.487. The fraction of sp³-hybridized carbons (Fsp3) is 0. The smallest absolute Gasteiger partial charge is 0.271 e. The van der Waals surface area contributed by atoms with Gasteiger partial charge in [-0.25, -0.2) is 9.97 Å². The maximum atomic E-state index is 12.5. The summed E-state index contributed by atoms with van der Waals surface area (Å²) >= 11 is 1.34. The number of thiazole rings is 1. The first-order valence-corrected chi connectivity index (χ1v) is 9.37. The molecular formula is C20H13N5O2S. The minimum absolute atomic E-state index is 0.000537. The summed E-state index contributed by atoms with van der Waals surface area (Å²) in [6.07, 6.45) is 4.69. The highest BCUT2D eigenvalue weighted by Gasteiger charge is 2.14. The van der Waals surface area contributed by atoms with Crippen LogP contribution in [0.25, 0.3) is 21.7 Å². The lowest BCUT2D eigenvalue weighted by Gasteiger charge is -2.08. The average molecular weight is 387 g/mol. The Balaban J connectivity index is 1.42. The minimum Gasteiger partial charge on any atom is -0.322 e. The van der Waals surface area contributed by atoms with Crippen molar-refractivity contribution in [1.82, 2.24) is 18.9 Å². The van der Waals surface area contributed by atoms with Crippen molar-refractivity contribution in [2.45, 2.75) is 0 Å². The van der Waals surface area contributed by atoms with Crippen LogP contribution in [0.1, 0.15) is 10.4 Å². The molecule has 0 saturated carbocycles. The van der Waals surface area contributed by atoms with E-state index in [0.29, 0.717) is 10.6 Å². The molecule has 1 amide bonds. The monoisotopic (exact) mass is 387 g/mol. The van der Waals surface area contributed by atoms with Gasteiger partial charge in [-0.15, -0.1) is 11.3 Å². The number of para-hydroxylation sites is 2. The van der Waals surface area contributed by atoms with Gasteiger partial charge >= 0.3 is 0 Å². The van der Waals surface area contributed by atoms with Gasteiger partial charge in [0.2, 0.25) is 0 Å². The van der Waals surface area contributed by atoms with Gasteiger partial charge in [0, 0.05) is 29.1 Å². The van der Waals surface area contributed by atoms with Gasteiger partial charge in [0.05, 0.1) is 11.0 Å². The Bertz CT molecular complexity index is 1380. The summed E-state index contributed by atoms with van der Waals surface area (Å²) in [5.74, 6) is -0.487. The lowest BCUT2D eigenvalue weighted by Crippen LogP contribution is -2.25. The van der Waals surface area contributed by atoms with Gasteiger partial charge in [-0.1, -0.05) is 12.1 Å². The first kappa shape index (κ1) is 16.4. The Morgan fingerprint density at radius 2 is 1.86 bits per heavy atom. The summed E-state index contributed by atoms with van der Waals surface area (Å²) in [5, 5.41) is 4.51. The Hall–Kier alpha value is -3.78. The predicted octanol–water partition coefficient (Wildman–Crippen LogP) is 3.35. The van der Waals surface area contributed by atoms with Crippen molar-refractivity contribution in [1.29, 1.82) is 0 Å². The number of fused-ring (bicyclic) bond motifs is 2. The molecule has 0 aliphatic carbocycles. The Morgan fingerprint density at radius 3 is 2.71 bits per heavy atom.